The van der Waals surface area contributed by atoms with Crippen molar-refractivity contribution in [1.29, 1.82) is 0 Å². The number of ether oxygens (including phenoxy) is 1. The summed E-state index contributed by atoms with van der Waals surface area (Å²) in [6, 6.07) is 9.75. The maximum atomic E-state index is 12.5. The lowest BCUT2D eigenvalue weighted by atomic mass is 9.96. The molecule has 6 heteroatoms. The van der Waals surface area contributed by atoms with Crippen LogP contribution in [0, 0.1) is 0 Å². The molecule has 2 aromatic rings. The van der Waals surface area contributed by atoms with Crippen molar-refractivity contribution < 1.29 is 19.4 Å². The molecule has 2 N–H and O–H groups in total. The summed E-state index contributed by atoms with van der Waals surface area (Å²) in [7, 11) is 1.56. The van der Waals surface area contributed by atoms with Crippen LogP contribution in [0.2, 0.25) is 0 Å². The lowest BCUT2D eigenvalue weighted by Crippen LogP contribution is -2.23. The van der Waals surface area contributed by atoms with Gasteiger partial charge in [0.25, 0.3) is 5.91 Å². The van der Waals surface area contributed by atoms with E-state index in [1.165, 1.54) is 11.3 Å². The van der Waals surface area contributed by atoms with Crippen molar-refractivity contribution in [1.82, 2.24) is 5.32 Å². The monoisotopic (exact) mass is 315 g/mol. The van der Waals surface area contributed by atoms with E-state index in [0.29, 0.717) is 16.2 Å². The molecular weight excluding hydrogens is 302 g/mol. The Labute approximate surface area is 130 Å². The Morgan fingerprint density at radius 2 is 2.00 bits per heavy atom. The summed E-state index contributed by atoms with van der Waals surface area (Å²) >= 11 is 1.27. The number of hydrogen-bond donors (Lipinski definition) is 2. The Morgan fingerprint density at radius 1 is 1.27 bits per heavy atom. The molecule has 1 aliphatic rings. The van der Waals surface area contributed by atoms with Crippen LogP contribution in [0.25, 0.3) is 0 Å². The van der Waals surface area contributed by atoms with Crippen LogP contribution < -0.4 is 10.1 Å². The average Bonchev–Trinajstić information content (AvgIpc) is 3.16. The number of aliphatic hydroxyl groups excluding tert-OH is 1. The van der Waals surface area contributed by atoms with E-state index in [4.69, 9.17) is 4.74 Å². The molecule has 0 radical (unpaired) electrons. The van der Waals surface area contributed by atoms with Crippen molar-refractivity contribution in [2.24, 2.45) is 0 Å². The average molecular weight is 315 g/mol. The first-order valence-electron chi connectivity index (χ1n) is 6.58. The van der Waals surface area contributed by atoms with Gasteiger partial charge in [-0.2, -0.15) is 0 Å². The minimum absolute atomic E-state index is 0.0811. The molecule has 22 heavy (non-hydrogen) atoms. The van der Waals surface area contributed by atoms with Gasteiger partial charge in [-0.3, -0.25) is 9.59 Å². The fraction of sp³-hybridized carbons (Fsp3) is 0.125. The molecule has 1 aromatic carbocycles. The third kappa shape index (κ3) is 2.37. The summed E-state index contributed by atoms with van der Waals surface area (Å²) in [4.78, 5) is 24.8. The van der Waals surface area contributed by atoms with Crippen molar-refractivity contribution >= 4 is 23.0 Å². The number of amides is 1. The zero-order valence-electron chi connectivity index (χ0n) is 11.7. The van der Waals surface area contributed by atoms with Crippen molar-refractivity contribution in [2.75, 3.05) is 7.11 Å². The third-order valence-corrected chi connectivity index (χ3v) is 4.34. The van der Waals surface area contributed by atoms with Gasteiger partial charge in [-0.25, -0.2) is 0 Å². The number of aliphatic hydroxyl groups is 1. The highest BCUT2D eigenvalue weighted by Crippen LogP contribution is 2.33. The first-order valence-corrected chi connectivity index (χ1v) is 7.46. The second-order valence-electron chi connectivity index (χ2n) is 4.75. The van der Waals surface area contributed by atoms with E-state index in [1.807, 2.05) is 0 Å². The lowest BCUT2D eigenvalue weighted by Gasteiger charge is -2.14. The zero-order valence-corrected chi connectivity index (χ0v) is 12.5. The van der Waals surface area contributed by atoms with Crippen LogP contribution in [0.5, 0.6) is 5.75 Å². The molecule has 0 aliphatic carbocycles. The largest absolute Gasteiger partial charge is 0.503 e. The van der Waals surface area contributed by atoms with Crippen LogP contribution in [0.15, 0.2) is 53.1 Å². The summed E-state index contributed by atoms with van der Waals surface area (Å²) in [6.07, 6.45) is 0. The number of hydrogen-bond acceptors (Lipinski definition) is 5. The maximum Gasteiger partial charge on any atom is 0.287 e. The number of benzene rings is 1. The minimum Gasteiger partial charge on any atom is -0.503 e. The summed E-state index contributed by atoms with van der Waals surface area (Å²) < 4.78 is 5.09. The highest BCUT2D eigenvalue weighted by molar-refractivity contribution is 7.12. The number of carbonyl (C=O) groups excluding carboxylic acids is 2. The van der Waals surface area contributed by atoms with Crippen molar-refractivity contribution in [3.05, 3.63) is 63.6 Å². The molecule has 0 saturated heterocycles. The smallest absolute Gasteiger partial charge is 0.287 e. The van der Waals surface area contributed by atoms with E-state index < -0.39 is 17.7 Å². The normalized spacial score (nSPS) is 17.5. The predicted octanol–water partition coefficient (Wildman–Crippen LogP) is 2.62. The molecule has 0 fully saturated rings. The van der Waals surface area contributed by atoms with Crippen LogP contribution >= 0.6 is 11.3 Å². The molecular formula is C16H13NO4S. The van der Waals surface area contributed by atoms with Gasteiger partial charge < -0.3 is 15.2 Å². The predicted molar refractivity (Wildman–Crippen MR) is 82.2 cm³/mol. The van der Waals surface area contributed by atoms with E-state index in [-0.39, 0.29) is 11.4 Å². The van der Waals surface area contributed by atoms with Crippen LogP contribution in [0.4, 0.5) is 0 Å². The maximum absolute atomic E-state index is 12.5. The molecule has 5 nitrogen and oxygen atoms in total. The highest BCUT2D eigenvalue weighted by atomic mass is 32.1. The van der Waals surface area contributed by atoms with Gasteiger partial charge in [-0.15, -0.1) is 11.3 Å². The molecule has 112 valence electrons. The van der Waals surface area contributed by atoms with Crippen molar-refractivity contribution in [3.63, 3.8) is 0 Å². The van der Waals surface area contributed by atoms with Crippen molar-refractivity contribution in [3.8, 4) is 5.75 Å². The first-order chi connectivity index (χ1) is 10.6. The Balaban J connectivity index is 2.00. The van der Waals surface area contributed by atoms with E-state index in [1.54, 1.807) is 48.9 Å². The molecule has 1 aromatic heterocycles. The Morgan fingerprint density at radius 3 is 2.59 bits per heavy atom. The molecule has 1 amide bonds. The Bertz CT molecular complexity index is 747. The fourth-order valence-electron chi connectivity index (χ4n) is 2.36. The van der Waals surface area contributed by atoms with Gasteiger partial charge >= 0.3 is 0 Å². The lowest BCUT2D eigenvalue weighted by molar-refractivity contribution is -0.119. The Kier molecular flexibility index (Phi) is 3.68. The van der Waals surface area contributed by atoms with E-state index in [0.717, 1.165) is 0 Å². The third-order valence-electron chi connectivity index (χ3n) is 3.47. The van der Waals surface area contributed by atoms with E-state index in [2.05, 4.69) is 5.32 Å². The summed E-state index contributed by atoms with van der Waals surface area (Å²) in [5, 5.41) is 14.4. The fourth-order valence-corrected chi connectivity index (χ4v) is 3.03. The van der Waals surface area contributed by atoms with Gasteiger partial charge in [0.05, 0.1) is 23.6 Å². The quantitative estimate of drug-likeness (QED) is 0.851. The SMILES string of the molecule is COc1ccc([C@@H]2NC(=O)C(O)=C2C(=O)c2cccs2)cc1. The number of thiophene rings is 1. The molecule has 1 atom stereocenters. The van der Waals surface area contributed by atoms with Crippen LogP contribution in [0.3, 0.4) is 0 Å². The standard InChI is InChI=1S/C16H13NO4S/c1-21-10-6-4-9(5-7-10)13-12(15(19)16(20)17-13)14(18)11-3-2-8-22-11/h2-8,13,19H,1H3,(H,17,20)/t13-/m0/s1. The molecule has 0 saturated carbocycles. The molecule has 0 spiro atoms. The van der Waals surface area contributed by atoms with Gasteiger partial charge in [0.15, 0.2) is 5.76 Å². The van der Waals surface area contributed by atoms with Crippen LogP contribution in [-0.2, 0) is 4.79 Å². The van der Waals surface area contributed by atoms with Gasteiger partial charge in [0, 0.05) is 0 Å². The van der Waals surface area contributed by atoms with Gasteiger partial charge in [-0.05, 0) is 29.1 Å². The second kappa shape index (κ2) is 5.65. The molecule has 3 rings (SSSR count). The molecule has 1 aliphatic heterocycles. The number of nitrogens with one attached hydrogen (secondary N) is 1. The molecule has 0 bridgehead atoms. The van der Waals surface area contributed by atoms with Crippen LogP contribution in [-0.4, -0.2) is 23.9 Å². The number of ketones is 1. The second-order valence-corrected chi connectivity index (χ2v) is 5.70. The van der Waals surface area contributed by atoms with E-state index in [9.17, 15) is 14.7 Å². The topological polar surface area (TPSA) is 75.6 Å². The van der Waals surface area contributed by atoms with Gasteiger partial charge in [-0.1, -0.05) is 18.2 Å². The number of rotatable bonds is 4. The number of Topliss-reactive ketones (excluding diaryl/α,β-unsaturated/α-hetero) is 1. The van der Waals surface area contributed by atoms with Crippen LogP contribution in [0.1, 0.15) is 21.3 Å². The number of carbonyl (C=O) groups is 2. The zero-order chi connectivity index (χ0) is 15.7. The minimum atomic E-state index is -0.659. The Hall–Kier alpha value is -2.60. The summed E-state index contributed by atoms with van der Waals surface area (Å²) in [5.74, 6) is -0.820. The molecule has 0 unspecified atom stereocenters. The first kappa shape index (κ1) is 14.3. The number of methoxy groups -OCH3 is 1. The van der Waals surface area contributed by atoms with Gasteiger partial charge in [0.2, 0.25) is 5.78 Å². The summed E-state index contributed by atoms with van der Waals surface area (Å²) in [5.41, 5.74) is 0.788. The van der Waals surface area contributed by atoms with E-state index >= 15 is 0 Å². The molecule has 2 heterocycles. The van der Waals surface area contributed by atoms with Gasteiger partial charge in [0.1, 0.15) is 5.75 Å². The van der Waals surface area contributed by atoms with Crippen molar-refractivity contribution in [2.45, 2.75) is 6.04 Å². The summed E-state index contributed by atoms with van der Waals surface area (Å²) in [6.45, 7) is 0. The highest BCUT2D eigenvalue weighted by Gasteiger charge is 2.37.